The first-order valence-corrected chi connectivity index (χ1v) is 15.9. The minimum Gasteiger partial charge on any atom is -0.406 e. The predicted molar refractivity (Wildman–Crippen MR) is 177 cm³/mol. The lowest BCUT2D eigenvalue weighted by Gasteiger charge is -2.31. The molecule has 240 valence electrons. The van der Waals surface area contributed by atoms with E-state index in [4.69, 9.17) is 0 Å². The average molecular weight is 649 g/mol. The van der Waals surface area contributed by atoms with Crippen molar-refractivity contribution in [2.45, 2.75) is 53.3 Å². The highest BCUT2D eigenvalue weighted by molar-refractivity contribution is 8.14. The molecule has 2 heterocycles. The lowest BCUT2D eigenvalue weighted by molar-refractivity contribution is -0.274. The van der Waals surface area contributed by atoms with Gasteiger partial charge in [-0.1, -0.05) is 61.5 Å². The number of amides is 2. The molecule has 1 aromatic heterocycles. The zero-order valence-electron chi connectivity index (χ0n) is 26.1. The highest BCUT2D eigenvalue weighted by Gasteiger charge is 2.31. The van der Waals surface area contributed by atoms with E-state index in [0.717, 1.165) is 53.9 Å². The van der Waals surface area contributed by atoms with E-state index in [-0.39, 0.29) is 5.75 Å². The highest BCUT2D eigenvalue weighted by Crippen LogP contribution is 2.30. The first-order valence-electron chi connectivity index (χ1n) is 15.0. The number of hydrogen-bond donors (Lipinski definition) is 1. The molecule has 0 radical (unpaired) electrons. The molecule has 46 heavy (non-hydrogen) atoms. The molecule has 0 unspecified atom stereocenters. The molecule has 1 N–H and O–H groups in total. The molecule has 12 heteroatoms. The second-order valence-corrected chi connectivity index (χ2v) is 12.0. The van der Waals surface area contributed by atoms with Gasteiger partial charge >= 0.3 is 12.4 Å². The van der Waals surface area contributed by atoms with Crippen LogP contribution in [0.3, 0.4) is 0 Å². The maximum absolute atomic E-state index is 13.1. The number of halogens is 3. The molecular weight excluding hydrogens is 613 g/mol. The SMILES string of the molecule is CCCc1ccc(C)cc1N1CCCS/C1=N\C(=O)N/C(C)=C(\C)c1ccc(-c2ncn(-c3ccc(OC(F)(F)F)cc3)n2)cc1. The molecule has 3 aromatic carbocycles. The van der Waals surface area contributed by atoms with E-state index >= 15 is 0 Å². The molecule has 0 spiro atoms. The normalized spacial score (nSPS) is 15.1. The van der Waals surface area contributed by atoms with Crippen molar-refractivity contribution in [2.75, 3.05) is 17.2 Å². The maximum Gasteiger partial charge on any atom is 0.573 e. The maximum atomic E-state index is 13.1. The number of aromatic nitrogens is 3. The number of hydrogen-bond acceptors (Lipinski definition) is 5. The van der Waals surface area contributed by atoms with Crippen LogP contribution in [0.25, 0.3) is 22.6 Å². The number of benzene rings is 3. The number of carbonyl (C=O) groups is 1. The zero-order valence-corrected chi connectivity index (χ0v) is 26.9. The fourth-order valence-electron chi connectivity index (χ4n) is 5.06. The van der Waals surface area contributed by atoms with E-state index in [1.165, 1.54) is 46.4 Å². The molecule has 1 aliphatic heterocycles. The summed E-state index contributed by atoms with van der Waals surface area (Å²) in [5, 5.41) is 8.11. The van der Waals surface area contributed by atoms with Crippen LogP contribution in [0.1, 0.15) is 50.3 Å². The van der Waals surface area contributed by atoms with Crippen molar-refractivity contribution in [3.05, 3.63) is 95.4 Å². The molecule has 0 aliphatic carbocycles. The Kier molecular flexibility index (Phi) is 10.2. The third-order valence-electron chi connectivity index (χ3n) is 7.50. The molecule has 1 fully saturated rings. The van der Waals surface area contributed by atoms with Crippen molar-refractivity contribution < 1.29 is 22.7 Å². The largest absolute Gasteiger partial charge is 0.573 e. The highest BCUT2D eigenvalue weighted by atomic mass is 32.2. The summed E-state index contributed by atoms with van der Waals surface area (Å²) in [5.74, 6) is 1.05. The lowest BCUT2D eigenvalue weighted by atomic mass is 10.0. The van der Waals surface area contributed by atoms with Crippen molar-refractivity contribution in [1.82, 2.24) is 20.1 Å². The van der Waals surface area contributed by atoms with Gasteiger partial charge in [0.1, 0.15) is 12.1 Å². The van der Waals surface area contributed by atoms with Crippen molar-refractivity contribution in [3.8, 4) is 22.8 Å². The van der Waals surface area contributed by atoms with Crippen LogP contribution >= 0.6 is 11.8 Å². The summed E-state index contributed by atoms with van der Waals surface area (Å²) in [6.45, 7) is 8.84. The number of anilines is 1. The standard InChI is InChI=1S/C34H35F3N6O2S/c1-5-7-26-9-8-22(2)20-30(26)42-18-6-19-46-33(42)40-32(44)39-24(4)23(3)25-10-12-27(13-11-25)31-38-21-43(41-31)28-14-16-29(17-15-28)45-34(35,36)37/h8-17,20-21H,5-7,18-19H2,1-4H3,(H,39,44)/b24-23+,40-33-. The van der Waals surface area contributed by atoms with Gasteiger partial charge in [0.05, 0.1) is 5.69 Å². The number of amidine groups is 1. The number of urea groups is 1. The van der Waals surface area contributed by atoms with Gasteiger partial charge in [-0.3, -0.25) is 0 Å². The van der Waals surface area contributed by atoms with Gasteiger partial charge in [-0.05, 0) is 86.2 Å². The van der Waals surface area contributed by atoms with E-state index in [2.05, 4.69) is 62.1 Å². The van der Waals surface area contributed by atoms with Crippen LogP contribution < -0.4 is 15.0 Å². The van der Waals surface area contributed by atoms with Gasteiger partial charge in [0.2, 0.25) is 0 Å². The van der Waals surface area contributed by atoms with Gasteiger partial charge in [-0.15, -0.1) is 18.3 Å². The quantitative estimate of drug-likeness (QED) is 0.206. The van der Waals surface area contributed by atoms with Crippen LogP contribution in [0.4, 0.5) is 23.7 Å². The summed E-state index contributed by atoms with van der Waals surface area (Å²) in [4.78, 5) is 24.1. The number of allylic oxidation sites excluding steroid dienone is 2. The second kappa shape index (κ2) is 14.2. The fourth-order valence-corrected chi connectivity index (χ4v) is 6.01. The summed E-state index contributed by atoms with van der Waals surface area (Å²) < 4.78 is 42.7. The molecule has 0 bridgehead atoms. The van der Waals surface area contributed by atoms with Gasteiger partial charge in [0, 0.05) is 29.2 Å². The number of ether oxygens (including phenoxy) is 1. The van der Waals surface area contributed by atoms with Crippen LogP contribution in [0.15, 0.2) is 83.7 Å². The molecule has 0 saturated carbocycles. The van der Waals surface area contributed by atoms with E-state index < -0.39 is 12.4 Å². The third-order valence-corrected chi connectivity index (χ3v) is 8.56. The summed E-state index contributed by atoms with van der Waals surface area (Å²) in [6, 6.07) is 19.0. The van der Waals surface area contributed by atoms with Crippen molar-refractivity contribution in [1.29, 1.82) is 0 Å². The fraction of sp³-hybridized carbons (Fsp3) is 0.294. The summed E-state index contributed by atoms with van der Waals surface area (Å²) >= 11 is 1.60. The smallest absolute Gasteiger partial charge is 0.406 e. The van der Waals surface area contributed by atoms with Crippen LogP contribution in [-0.2, 0) is 6.42 Å². The summed E-state index contributed by atoms with van der Waals surface area (Å²) in [7, 11) is 0. The predicted octanol–water partition coefficient (Wildman–Crippen LogP) is 8.55. The molecule has 1 aliphatic rings. The van der Waals surface area contributed by atoms with Crippen LogP contribution in [0, 0.1) is 6.92 Å². The second-order valence-electron chi connectivity index (χ2n) is 10.9. The number of aryl methyl sites for hydroxylation is 2. The minimum atomic E-state index is -4.75. The van der Waals surface area contributed by atoms with Gasteiger partial charge in [0.25, 0.3) is 0 Å². The number of rotatable bonds is 8. The number of carbonyl (C=O) groups excluding carboxylic acids is 1. The van der Waals surface area contributed by atoms with Crippen molar-refractivity contribution in [2.24, 2.45) is 4.99 Å². The Balaban J connectivity index is 1.27. The Bertz CT molecular complexity index is 1750. The first-order chi connectivity index (χ1) is 22.0. The zero-order chi connectivity index (χ0) is 32.8. The van der Waals surface area contributed by atoms with Gasteiger partial charge < -0.3 is 15.0 Å². The van der Waals surface area contributed by atoms with Crippen LogP contribution in [0.5, 0.6) is 5.75 Å². The molecule has 0 atom stereocenters. The molecule has 1 saturated heterocycles. The topological polar surface area (TPSA) is 84.6 Å². The van der Waals surface area contributed by atoms with Crippen LogP contribution in [-0.4, -0.2) is 44.6 Å². The van der Waals surface area contributed by atoms with Gasteiger partial charge in [-0.25, -0.2) is 14.5 Å². The number of thioether (sulfide) groups is 1. The molecule has 4 aromatic rings. The molecule has 2 amide bonds. The Labute approximate surface area is 270 Å². The monoisotopic (exact) mass is 648 g/mol. The Morgan fingerprint density at radius 2 is 1.80 bits per heavy atom. The number of nitrogens with zero attached hydrogens (tertiary/aromatic N) is 5. The van der Waals surface area contributed by atoms with Crippen molar-refractivity contribution >= 4 is 34.2 Å². The minimum absolute atomic E-state index is 0.312. The Hall–Kier alpha value is -4.58. The van der Waals surface area contributed by atoms with Crippen molar-refractivity contribution in [3.63, 3.8) is 0 Å². The number of aliphatic imine (C=N–C) groups is 1. The number of alkyl halides is 3. The summed E-state index contributed by atoms with van der Waals surface area (Å²) in [6.07, 6.45) is -0.245. The van der Waals surface area contributed by atoms with Crippen LogP contribution in [0.2, 0.25) is 0 Å². The number of nitrogens with one attached hydrogen (secondary N) is 1. The van der Waals surface area contributed by atoms with E-state index in [0.29, 0.717) is 22.4 Å². The molecular formula is C34H35F3N6O2S. The average Bonchev–Trinajstić information content (AvgIpc) is 3.52. The van der Waals surface area contributed by atoms with Gasteiger partial charge in [0.15, 0.2) is 11.0 Å². The Morgan fingerprint density at radius 3 is 2.50 bits per heavy atom. The van der Waals surface area contributed by atoms with E-state index in [1.807, 2.05) is 38.1 Å². The van der Waals surface area contributed by atoms with E-state index in [1.54, 1.807) is 11.8 Å². The molecule has 8 nitrogen and oxygen atoms in total. The Morgan fingerprint density at radius 1 is 1.07 bits per heavy atom. The lowest BCUT2D eigenvalue weighted by Crippen LogP contribution is -2.36. The van der Waals surface area contributed by atoms with E-state index in [9.17, 15) is 18.0 Å². The third kappa shape index (κ3) is 8.16. The summed E-state index contributed by atoms with van der Waals surface area (Å²) in [5.41, 5.74) is 7.33. The first kappa shape index (κ1) is 32.8. The molecule has 5 rings (SSSR count). The van der Waals surface area contributed by atoms with Gasteiger partial charge in [-0.2, -0.15) is 4.99 Å².